The van der Waals surface area contributed by atoms with Crippen LogP contribution in [0.15, 0.2) is 60.0 Å². The van der Waals surface area contributed by atoms with Crippen LogP contribution in [0.5, 0.6) is 5.75 Å². The van der Waals surface area contributed by atoms with Gasteiger partial charge in [-0.05, 0) is 30.2 Å². The molecule has 3 rings (SSSR count). The molecule has 154 valence electrons. The van der Waals surface area contributed by atoms with E-state index in [4.69, 9.17) is 4.74 Å². The molecular formula is C26H28N2OS. The van der Waals surface area contributed by atoms with E-state index in [9.17, 15) is 5.26 Å². The first-order chi connectivity index (χ1) is 14.8. The van der Waals surface area contributed by atoms with Crippen molar-refractivity contribution in [3.63, 3.8) is 0 Å². The van der Waals surface area contributed by atoms with Crippen molar-refractivity contribution in [3.05, 3.63) is 70.5 Å². The molecule has 0 fully saturated rings. The average Bonchev–Trinajstić information content (AvgIpc) is 3.28. The number of aromatic nitrogens is 1. The maximum absolute atomic E-state index is 9.62. The number of nitrogens with zero attached hydrogens (tertiary/aromatic N) is 2. The van der Waals surface area contributed by atoms with E-state index in [2.05, 4.69) is 18.0 Å². The van der Waals surface area contributed by atoms with Gasteiger partial charge in [0.1, 0.15) is 16.8 Å². The first-order valence-electron chi connectivity index (χ1n) is 10.7. The second kappa shape index (κ2) is 11.9. The van der Waals surface area contributed by atoms with Crippen LogP contribution in [-0.4, -0.2) is 11.6 Å². The van der Waals surface area contributed by atoms with Crippen LogP contribution in [0.3, 0.4) is 0 Å². The maximum atomic E-state index is 9.62. The molecule has 3 aromatic rings. The fourth-order valence-electron chi connectivity index (χ4n) is 3.18. The Hall–Kier alpha value is -2.90. The van der Waals surface area contributed by atoms with Crippen molar-refractivity contribution in [1.82, 2.24) is 4.98 Å². The summed E-state index contributed by atoms with van der Waals surface area (Å²) in [4.78, 5) is 4.64. The SMILES string of the molecule is CCCCCCCCOc1ccc(/C=C(\C#N)c2nc(-c3ccccc3)cs2)cc1. The monoisotopic (exact) mass is 416 g/mol. The van der Waals surface area contributed by atoms with Gasteiger partial charge in [0.2, 0.25) is 0 Å². The van der Waals surface area contributed by atoms with Crippen molar-refractivity contribution in [2.75, 3.05) is 6.61 Å². The molecule has 3 nitrogen and oxygen atoms in total. The van der Waals surface area contributed by atoms with Crippen molar-refractivity contribution in [2.45, 2.75) is 45.4 Å². The molecule has 1 heterocycles. The second-order valence-corrected chi connectivity index (χ2v) is 8.12. The van der Waals surface area contributed by atoms with Crippen molar-refractivity contribution in [1.29, 1.82) is 5.26 Å². The van der Waals surface area contributed by atoms with Crippen LogP contribution >= 0.6 is 11.3 Å². The Morgan fingerprint density at radius 3 is 2.47 bits per heavy atom. The van der Waals surface area contributed by atoms with Crippen LogP contribution in [0, 0.1) is 11.3 Å². The third-order valence-corrected chi connectivity index (χ3v) is 5.76. The van der Waals surface area contributed by atoms with E-state index in [1.54, 1.807) is 0 Å². The maximum Gasteiger partial charge on any atom is 0.134 e. The van der Waals surface area contributed by atoms with Gasteiger partial charge in [0.15, 0.2) is 0 Å². The van der Waals surface area contributed by atoms with Crippen LogP contribution in [0.2, 0.25) is 0 Å². The Balaban J connectivity index is 1.56. The van der Waals surface area contributed by atoms with Crippen molar-refractivity contribution >= 4 is 23.0 Å². The fraction of sp³-hybridized carbons (Fsp3) is 0.308. The van der Waals surface area contributed by atoms with E-state index in [1.807, 2.05) is 66.1 Å². The molecule has 0 saturated heterocycles. The molecule has 0 aliphatic heterocycles. The summed E-state index contributed by atoms with van der Waals surface area (Å²) in [6.45, 7) is 2.99. The summed E-state index contributed by atoms with van der Waals surface area (Å²) in [7, 11) is 0. The van der Waals surface area contributed by atoms with Gasteiger partial charge in [0, 0.05) is 10.9 Å². The molecule has 30 heavy (non-hydrogen) atoms. The van der Waals surface area contributed by atoms with E-state index in [-0.39, 0.29) is 0 Å². The summed E-state index contributed by atoms with van der Waals surface area (Å²) in [5.41, 5.74) is 3.50. The number of rotatable bonds is 11. The lowest BCUT2D eigenvalue weighted by Gasteiger charge is -2.06. The molecule has 0 atom stereocenters. The topological polar surface area (TPSA) is 45.9 Å². The summed E-state index contributed by atoms with van der Waals surface area (Å²) >= 11 is 1.49. The van der Waals surface area contributed by atoms with Crippen molar-refractivity contribution in [2.24, 2.45) is 0 Å². The predicted octanol–water partition coefficient (Wildman–Crippen LogP) is 7.61. The molecule has 0 aliphatic rings. The third-order valence-electron chi connectivity index (χ3n) is 4.88. The Kier molecular flexibility index (Phi) is 8.68. The third kappa shape index (κ3) is 6.57. The molecule has 0 radical (unpaired) electrons. The Morgan fingerprint density at radius 2 is 1.73 bits per heavy atom. The van der Waals surface area contributed by atoms with E-state index in [0.717, 1.165) is 40.6 Å². The molecule has 0 amide bonds. The van der Waals surface area contributed by atoms with Crippen LogP contribution in [0.4, 0.5) is 0 Å². The van der Waals surface area contributed by atoms with E-state index >= 15 is 0 Å². The predicted molar refractivity (Wildman–Crippen MR) is 126 cm³/mol. The number of unbranched alkanes of at least 4 members (excludes halogenated alkanes) is 5. The largest absolute Gasteiger partial charge is 0.494 e. The minimum absolute atomic E-state index is 0.572. The summed E-state index contributed by atoms with van der Waals surface area (Å²) in [5, 5.41) is 12.4. The van der Waals surface area contributed by atoms with Gasteiger partial charge in [-0.2, -0.15) is 5.26 Å². The van der Waals surface area contributed by atoms with Crippen molar-refractivity contribution < 1.29 is 4.74 Å². The standard InChI is InChI=1S/C26H28N2OS/c1-2-3-4-5-6-10-17-29-24-15-13-21(14-16-24)18-23(19-27)26-28-25(20-30-26)22-11-8-7-9-12-22/h7-9,11-16,18,20H,2-6,10,17H2,1H3/b23-18+. The molecular weight excluding hydrogens is 388 g/mol. The first-order valence-corrected chi connectivity index (χ1v) is 11.5. The van der Waals surface area contributed by atoms with Gasteiger partial charge in [-0.3, -0.25) is 0 Å². The lowest BCUT2D eigenvalue weighted by Crippen LogP contribution is -1.97. The summed E-state index contributed by atoms with van der Waals surface area (Å²) in [6.07, 6.45) is 9.43. The zero-order chi connectivity index (χ0) is 21.0. The second-order valence-electron chi connectivity index (χ2n) is 7.26. The molecule has 0 unspecified atom stereocenters. The normalized spacial score (nSPS) is 11.3. The minimum Gasteiger partial charge on any atom is -0.494 e. The van der Waals surface area contributed by atoms with Gasteiger partial charge in [-0.15, -0.1) is 11.3 Å². The van der Waals surface area contributed by atoms with Crippen LogP contribution in [-0.2, 0) is 0 Å². The van der Waals surface area contributed by atoms with E-state index in [1.165, 1.54) is 43.4 Å². The zero-order valence-corrected chi connectivity index (χ0v) is 18.3. The molecule has 4 heteroatoms. The van der Waals surface area contributed by atoms with Gasteiger partial charge >= 0.3 is 0 Å². The number of allylic oxidation sites excluding steroid dienone is 1. The smallest absolute Gasteiger partial charge is 0.134 e. The molecule has 2 aromatic carbocycles. The lowest BCUT2D eigenvalue weighted by atomic mass is 10.1. The van der Waals surface area contributed by atoms with Gasteiger partial charge in [-0.1, -0.05) is 81.5 Å². The summed E-state index contributed by atoms with van der Waals surface area (Å²) in [5.74, 6) is 0.875. The Morgan fingerprint density at radius 1 is 1.00 bits per heavy atom. The number of hydrogen-bond acceptors (Lipinski definition) is 4. The quantitative estimate of drug-likeness (QED) is 0.239. The van der Waals surface area contributed by atoms with Crippen molar-refractivity contribution in [3.8, 4) is 23.1 Å². The molecule has 0 N–H and O–H groups in total. The zero-order valence-electron chi connectivity index (χ0n) is 17.5. The molecule has 1 aromatic heterocycles. The minimum atomic E-state index is 0.572. The van der Waals surface area contributed by atoms with Gasteiger partial charge < -0.3 is 4.74 Å². The van der Waals surface area contributed by atoms with E-state index < -0.39 is 0 Å². The molecule has 0 spiro atoms. The Bertz CT molecular complexity index is 968. The average molecular weight is 417 g/mol. The Labute approximate surface area is 183 Å². The number of hydrogen-bond donors (Lipinski definition) is 0. The van der Waals surface area contributed by atoms with Gasteiger partial charge in [0.25, 0.3) is 0 Å². The highest BCUT2D eigenvalue weighted by molar-refractivity contribution is 7.11. The van der Waals surface area contributed by atoms with Crippen LogP contribution in [0.1, 0.15) is 56.0 Å². The number of ether oxygens (including phenoxy) is 1. The van der Waals surface area contributed by atoms with E-state index in [0.29, 0.717) is 5.57 Å². The van der Waals surface area contributed by atoms with Crippen LogP contribution < -0.4 is 4.74 Å². The highest BCUT2D eigenvalue weighted by Gasteiger charge is 2.09. The number of thiazole rings is 1. The number of benzene rings is 2. The van der Waals surface area contributed by atoms with Crippen LogP contribution in [0.25, 0.3) is 22.9 Å². The lowest BCUT2D eigenvalue weighted by molar-refractivity contribution is 0.304. The van der Waals surface area contributed by atoms with Gasteiger partial charge in [0.05, 0.1) is 17.9 Å². The van der Waals surface area contributed by atoms with Gasteiger partial charge in [-0.25, -0.2) is 4.98 Å². The summed E-state index contributed by atoms with van der Waals surface area (Å²) < 4.78 is 5.84. The fourth-order valence-corrected chi connectivity index (χ4v) is 3.97. The molecule has 0 aliphatic carbocycles. The number of nitriles is 1. The first kappa shape index (κ1) is 21.8. The molecule has 0 bridgehead atoms. The molecule has 0 saturated carbocycles. The highest BCUT2D eigenvalue weighted by atomic mass is 32.1. The summed E-state index contributed by atoms with van der Waals surface area (Å²) in [6, 6.07) is 20.2. The highest BCUT2D eigenvalue weighted by Crippen LogP contribution is 2.27.